The Hall–Kier alpha value is -2.21. The molecule has 152 valence electrons. The molecule has 29 heavy (non-hydrogen) atoms. The number of piperidine rings is 1. The van der Waals surface area contributed by atoms with E-state index in [9.17, 15) is 14.7 Å². The minimum Gasteiger partial charge on any atom is -0.476 e. The number of carbonyl (C=O) groups is 1. The number of carboxylic acids is 1. The summed E-state index contributed by atoms with van der Waals surface area (Å²) in [6, 6.07) is 8.54. The van der Waals surface area contributed by atoms with Gasteiger partial charge in [0.2, 0.25) is 5.69 Å². The van der Waals surface area contributed by atoms with Crippen LogP contribution in [0.1, 0.15) is 74.3 Å². The molecule has 2 aromatic rings. The zero-order chi connectivity index (χ0) is 19.8. The lowest BCUT2D eigenvalue weighted by Gasteiger charge is -2.49. The molecule has 2 aliphatic carbocycles. The average molecular weight is 393 g/mol. The van der Waals surface area contributed by atoms with E-state index in [1.54, 1.807) is 10.6 Å². The summed E-state index contributed by atoms with van der Waals surface area (Å²) in [5.41, 5.74) is 0.965. The maximum atomic E-state index is 13.1. The molecule has 6 nitrogen and oxygen atoms in total. The molecule has 4 aliphatic rings. The fourth-order valence-corrected chi connectivity index (χ4v) is 7.31. The van der Waals surface area contributed by atoms with Crippen LogP contribution in [-0.2, 0) is 0 Å². The predicted molar refractivity (Wildman–Crippen MR) is 109 cm³/mol. The van der Waals surface area contributed by atoms with Crippen LogP contribution >= 0.6 is 0 Å². The molecule has 6 heteroatoms. The van der Waals surface area contributed by atoms with Crippen molar-refractivity contribution < 1.29 is 9.90 Å². The van der Waals surface area contributed by atoms with Crippen molar-refractivity contribution in [3.8, 4) is 0 Å². The van der Waals surface area contributed by atoms with Crippen LogP contribution in [0.5, 0.6) is 0 Å². The van der Waals surface area contributed by atoms with Gasteiger partial charge in [0.25, 0.3) is 5.56 Å². The summed E-state index contributed by atoms with van der Waals surface area (Å²) in [4.78, 5) is 31.8. The minimum absolute atomic E-state index is 0.0530. The summed E-state index contributed by atoms with van der Waals surface area (Å²) in [5.74, 6) is -0.311. The number of aromatic carboxylic acids is 1. The lowest BCUT2D eigenvalue weighted by molar-refractivity contribution is -0.000427. The van der Waals surface area contributed by atoms with Crippen LogP contribution in [-0.4, -0.2) is 43.1 Å². The van der Waals surface area contributed by atoms with Gasteiger partial charge in [0.05, 0.1) is 11.0 Å². The zero-order valence-electron chi connectivity index (χ0n) is 16.6. The zero-order valence-corrected chi connectivity index (χ0v) is 16.6. The number of aromatic nitrogens is 2. The summed E-state index contributed by atoms with van der Waals surface area (Å²) in [6.45, 7) is 0. The first-order chi connectivity index (χ1) is 14.1. The van der Waals surface area contributed by atoms with Crippen molar-refractivity contribution in [3.05, 3.63) is 40.3 Å². The number of fused-ring (bicyclic) bond motifs is 6. The van der Waals surface area contributed by atoms with Gasteiger partial charge in [-0.05, 0) is 75.8 Å². The van der Waals surface area contributed by atoms with Crippen molar-refractivity contribution in [2.75, 3.05) is 0 Å². The van der Waals surface area contributed by atoms with E-state index in [0.29, 0.717) is 23.1 Å². The lowest BCUT2D eigenvalue weighted by atomic mass is 9.85. The predicted octanol–water partition coefficient (Wildman–Crippen LogP) is 3.60. The van der Waals surface area contributed by atoms with Gasteiger partial charge in [-0.3, -0.25) is 9.69 Å². The van der Waals surface area contributed by atoms with Crippen LogP contribution in [0.4, 0.5) is 0 Å². The van der Waals surface area contributed by atoms with Gasteiger partial charge in [0.15, 0.2) is 0 Å². The monoisotopic (exact) mass is 393 g/mol. The number of rotatable bonds is 3. The molecule has 2 saturated carbocycles. The van der Waals surface area contributed by atoms with Crippen molar-refractivity contribution >= 4 is 17.0 Å². The van der Waals surface area contributed by atoms with E-state index in [-0.39, 0.29) is 11.7 Å². The number of para-hydroxylation sites is 2. The molecule has 4 fully saturated rings. The van der Waals surface area contributed by atoms with Crippen LogP contribution < -0.4 is 5.56 Å². The molecule has 0 amide bonds. The third kappa shape index (κ3) is 2.48. The Morgan fingerprint density at radius 2 is 1.72 bits per heavy atom. The van der Waals surface area contributed by atoms with Crippen molar-refractivity contribution in [2.45, 2.75) is 81.5 Å². The average Bonchev–Trinajstić information content (AvgIpc) is 3.39. The Balaban J connectivity index is 1.41. The van der Waals surface area contributed by atoms with Crippen LogP contribution in [0.15, 0.2) is 29.1 Å². The number of nitrogens with zero attached hydrogens (tertiary/aromatic N) is 3. The topological polar surface area (TPSA) is 75.4 Å². The van der Waals surface area contributed by atoms with Crippen LogP contribution in [0, 0.1) is 5.92 Å². The lowest BCUT2D eigenvalue weighted by Crippen LogP contribution is -2.56. The molecular formula is C23H27N3O3. The maximum absolute atomic E-state index is 13.1. The highest BCUT2D eigenvalue weighted by molar-refractivity contribution is 5.88. The highest BCUT2D eigenvalue weighted by Crippen LogP contribution is 2.57. The maximum Gasteiger partial charge on any atom is 0.360 e. The van der Waals surface area contributed by atoms with E-state index < -0.39 is 11.5 Å². The fourth-order valence-electron chi connectivity index (χ4n) is 7.31. The molecule has 2 saturated heterocycles. The quantitative estimate of drug-likeness (QED) is 0.862. The van der Waals surface area contributed by atoms with Crippen molar-refractivity contribution in [1.29, 1.82) is 0 Å². The molecule has 0 radical (unpaired) electrons. The third-order valence-corrected chi connectivity index (χ3v) is 8.32. The standard InChI is InChI=1S/C23H27N3O3/c27-21-20(22(28)29)24-18-3-1-2-4-19(18)25(21)17-11-15-5-6-16(12-17)26(15)23-9-7-14(13-23)8-10-23/h1-4,14-17H,5-13H2,(H,28,29)/t14?,15-,16?,17?,23?/m1/s1. The van der Waals surface area contributed by atoms with E-state index in [0.717, 1.165) is 24.3 Å². The van der Waals surface area contributed by atoms with Crippen molar-refractivity contribution in [1.82, 2.24) is 14.5 Å². The third-order valence-electron chi connectivity index (χ3n) is 8.32. The van der Waals surface area contributed by atoms with Crippen molar-refractivity contribution in [2.24, 2.45) is 5.92 Å². The summed E-state index contributed by atoms with van der Waals surface area (Å²) < 4.78 is 1.76. The number of benzene rings is 1. The van der Waals surface area contributed by atoms with Gasteiger partial charge >= 0.3 is 5.97 Å². The summed E-state index contributed by atoms with van der Waals surface area (Å²) in [7, 11) is 0. The molecule has 3 heterocycles. The molecule has 4 bridgehead atoms. The van der Waals surface area contributed by atoms with Gasteiger partial charge in [-0.2, -0.15) is 0 Å². The van der Waals surface area contributed by atoms with Crippen LogP contribution in [0.3, 0.4) is 0 Å². The Kier molecular flexibility index (Phi) is 3.74. The molecule has 2 unspecified atom stereocenters. The number of carboxylic acid groups (broad SMARTS) is 1. The van der Waals surface area contributed by atoms with E-state index in [1.807, 2.05) is 18.2 Å². The fraction of sp³-hybridized carbons (Fsp3) is 0.609. The molecule has 1 N–H and O–H groups in total. The Labute approximate surface area is 169 Å². The normalized spacial score (nSPS) is 36.1. The second-order valence-electron chi connectivity index (χ2n) is 9.72. The highest BCUT2D eigenvalue weighted by Gasteiger charge is 2.56. The van der Waals surface area contributed by atoms with Gasteiger partial charge < -0.3 is 9.67 Å². The molecule has 1 aromatic heterocycles. The second kappa shape index (κ2) is 6.14. The van der Waals surface area contributed by atoms with Crippen molar-refractivity contribution in [3.63, 3.8) is 0 Å². The summed E-state index contributed by atoms with van der Waals surface area (Å²) in [6.07, 6.45) is 11.1. The van der Waals surface area contributed by atoms with E-state index >= 15 is 0 Å². The SMILES string of the molecule is O=C(O)c1nc2ccccc2n(C2CC3CC[C@H](C2)N3C23CCC(CC2)C3)c1=O. The van der Waals surface area contributed by atoms with Gasteiger partial charge in [0.1, 0.15) is 0 Å². The Morgan fingerprint density at radius 3 is 2.34 bits per heavy atom. The Morgan fingerprint density at radius 1 is 1.03 bits per heavy atom. The largest absolute Gasteiger partial charge is 0.476 e. The van der Waals surface area contributed by atoms with Crippen LogP contribution in [0.25, 0.3) is 11.0 Å². The van der Waals surface area contributed by atoms with Gasteiger partial charge in [-0.25, -0.2) is 9.78 Å². The molecule has 1 aromatic carbocycles. The summed E-state index contributed by atoms with van der Waals surface area (Å²) in [5, 5.41) is 9.54. The Bertz CT molecular complexity index is 1040. The first-order valence-corrected chi connectivity index (χ1v) is 11.1. The van der Waals surface area contributed by atoms with E-state index in [4.69, 9.17) is 0 Å². The van der Waals surface area contributed by atoms with Gasteiger partial charge in [0, 0.05) is 23.7 Å². The molecular weight excluding hydrogens is 366 g/mol. The van der Waals surface area contributed by atoms with E-state index in [2.05, 4.69) is 9.88 Å². The molecule has 0 spiro atoms. The van der Waals surface area contributed by atoms with Gasteiger partial charge in [-0.1, -0.05) is 12.1 Å². The van der Waals surface area contributed by atoms with Crippen LogP contribution in [0.2, 0.25) is 0 Å². The van der Waals surface area contributed by atoms with Gasteiger partial charge in [-0.15, -0.1) is 0 Å². The van der Waals surface area contributed by atoms with E-state index in [1.165, 1.54) is 44.9 Å². The number of hydrogen-bond acceptors (Lipinski definition) is 4. The molecule has 3 atom stereocenters. The first-order valence-electron chi connectivity index (χ1n) is 11.1. The molecule has 2 aliphatic heterocycles. The highest BCUT2D eigenvalue weighted by atomic mass is 16.4. The smallest absolute Gasteiger partial charge is 0.360 e. The number of hydrogen-bond donors (Lipinski definition) is 1. The molecule has 6 rings (SSSR count). The first kappa shape index (κ1) is 17.6. The second-order valence-corrected chi connectivity index (χ2v) is 9.72. The summed E-state index contributed by atoms with van der Waals surface area (Å²) >= 11 is 0. The minimum atomic E-state index is -1.24.